The molecule has 0 atom stereocenters. The number of nitrogens with one attached hydrogen (secondary N) is 1. The van der Waals surface area contributed by atoms with E-state index in [4.69, 9.17) is 9.47 Å². The van der Waals surface area contributed by atoms with Gasteiger partial charge in [0.2, 0.25) is 0 Å². The molecular weight excluding hydrogens is 406 g/mol. The highest BCUT2D eigenvalue weighted by molar-refractivity contribution is 7.92. The number of carbonyl (C=O) groups is 1. The molecule has 1 saturated heterocycles. The number of benzene rings is 2. The van der Waals surface area contributed by atoms with E-state index in [1.165, 1.54) is 23.5 Å². The Hall–Kier alpha value is -2.62. The molecule has 1 fully saturated rings. The second-order valence-electron chi connectivity index (χ2n) is 6.91. The first kappa shape index (κ1) is 22.1. The summed E-state index contributed by atoms with van der Waals surface area (Å²) >= 11 is 0. The number of methoxy groups -OCH3 is 1. The third-order valence-electron chi connectivity index (χ3n) is 5.01. The van der Waals surface area contributed by atoms with E-state index in [-0.39, 0.29) is 10.8 Å². The predicted molar refractivity (Wildman–Crippen MR) is 115 cm³/mol. The molecule has 162 valence electrons. The molecule has 0 bridgehead atoms. The van der Waals surface area contributed by atoms with Crippen molar-refractivity contribution in [3.63, 3.8) is 0 Å². The first-order valence-corrected chi connectivity index (χ1v) is 11.2. The summed E-state index contributed by atoms with van der Waals surface area (Å²) in [5.41, 5.74) is 0.803. The van der Waals surface area contributed by atoms with Crippen LogP contribution in [-0.2, 0) is 14.8 Å². The van der Waals surface area contributed by atoms with Crippen molar-refractivity contribution in [2.75, 3.05) is 57.9 Å². The maximum absolute atomic E-state index is 13.0. The van der Waals surface area contributed by atoms with Gasteiger partial charge in [-0.3, -0.25) is 14.0 Å². The number of carbonyl (C=O) groups excluding carboxylic acids is 1. The van der Waals surface area contributed by atoms with Gasteiger partial charge in [0.1, 0.15) is 5.75 Å². The molecule has 1 heterocycles. The number of rotatable bonds is 8. The molecule has 1 amide bonds. The monoisotopic (exact) mass is 433 g/mol. The van der Waals surface area contributed by atoms with Crippen LogP contribution in [0.25, 0.3) is 0 Å². The van der Waals surface area contributed by atoms with Gasteiger partial charge in [0.25, 0.3) is 15.9 Å². The van der Waals surface area contributed by atoms with Gasteiger partial charge in [-0.25, -0.2) is 8.42 Å². The van der Waals surface area contributed by atoms with Crippen molar-refractivity contribution in [3.05, 3.63) is 54.1 Å². The molecule has 0 aromatic heterocycles. The number of morpholine rings is 1. The van der Waals surface area contributed by atoms with E-state index < -0.39 is 10.0 Å². The molecule has 3 rings (SSSR count). The molecule has 0 aliphatic carbocycles. The second-order valence-corrected chi connectivity index (χ2v) is 8.88. The van der Waals surface area contributed by atoms with Gasteiger partial charge >= 0.3 is 0 Å². The van der Waals surface area contributed by atoms with Gasteiger partial charge < -0.3 is 14.8 Å². The number of ether oxygens (including phenoxy) is 2. The van der Waals surface area contributed by atoms with Gasteiger partial charge in [0.05, 0.1) is 30.9 Å². The van der Waals surface area contributed by atoms with Crippen LogP contribution in [0.3, 0.4) is 0 Å². The maximum atomic E-state index is 13.0. The summed E-state index contributed by atoms with van der Waals surface area (Å²) in [6, 6.07) is 12.8. The summed E-state index contributed by atoms with van der Waals surface area (Å²) < 4.78 is 37.7. The molecule has 2 aromatic carbocycles. The lowest BCUT2D eigenvalue weighted by Gasteiger charge is -2.26. The Morgan fingerprint density at radius 2 is 1.87 bits per heavy atom. The van der Waals surface area contributed by atoms with Crippen LogP contribution in [-0.4, -0.2) is 72.8 Å². The van der Waals surface area contributed by atoms with Gasteiger partial charge in [-0.1, -0.05) is 6.07 Å². The Morgan fingerprint density at radius 1 is 1.17 bits per heavy atom. The minimum Gasteiger partial charge on any atom is -0.497 e. The molecule has 9 heteroatoms. The molecule has 30 heavy (non-hydrogen) atoms. The third kappa shape index (κ3) is 5.29. The molecule has 1 aliphatic heterocycles. The number of nitrogens with zero attached hydrogens (tertiary/aromatic N) is 2. The summed E-state index contributed by atoms with van der Waals surface area (Å²) in [6.07, 6.45) is 0. The van der Waals surface area contributed by atoms with Crippen LogP contribution < -0.4 is 14.4 Å². The Balaban J connectivity index is 1.67. The standard InChI is InChI=1S/C21H27N3O5S/c1-23(18-6-8-19(28-2)9-7-18)30(26,27)20-5-3-4-17(16-20)21(25)22-10-11-24-12-14-29-15-13-24/h3-9,16H,10-15H2,1-2H3,(H,22,25). The van der Waals surface area contributed by atoms with Crippen molar-refractivity contribution in [2.45, 2.75) is 4.90 Å². The number of hydrogen-bond acceptors (Lipinski definition) is 6. The smallest absolute Gasteiger partial charge is 0.264 e. The Bertz CT molecular complexity index is 957. The maximum Gasteiger partial charge on any atom is 0.264 e. The highest BCUT2D eigenvalue weighted by Crippen LogP contribution is 2.24. The van der Waals surface area contributed by atoms with E-state index >= 15 is 0 Å². The zero-order valence-electron chi connectivity index (χ0n) is 17.2. The quantitative estimate of drug-likeness (QED) is 0.680. The average molecular weight is 434 g/mol. The van der Waals surface area contributed by atoms with Crippen LogP contribution in [0.15, 0.2) is 53.4 Å². The van der Waals surface area contributed by atoms with Crippen LogP contribution in [0, 0.1) is 0 Å². The minimum atomic E-state index is -3.81. The van der Waals surface area contributed by atoms with Crippen molar-refractivity contribution in [1.29, 1.82) is 0 Å². The van der Waals surface area contributed by atoms with E-state index in [0.717, 1.165) is 19.6 Å². The summed E-state index contributed by atoms with van der Waals surface area (Å²) in [4.78, 5) is 14.8. The molecular formula is C21H27N3O5S. The van der Waals surface area contributed by atoms with Crippen LogP contribution in [0.2, 0.25) is 0 Å². The van der Waals surface area contributed by atoms with Crippen molar-refractivity contribution in [1.82, 2.24) is 10.2 Å². The van der Waals surface area contributed by atoms with Crippen LogP contribution >= 0.6 is 0 Å². The number of amides is 1. The fourth-order valence-corrected chi connectivity index (χ4v) is 4.38. The van der Waals surface area contributed by atoms with Crippen LogP contribution in [0.5, 0.6) is 5.75 Å². The van der Waals surface area contributed by atoms with Crippen molar-refractivity contribution < 1.29 is 22.7 Å². The van der Waals surface area contributed by atoms with Crippen LogP contribution in [0.1, 0.15) is 10.4 Å². The molecule has 1 N–H and O–H groups in total. The largest absolute Gasteiger partial charge is 0.497 e. The molecule has 0 spiro atoms. The van der Waals surface area contributed by atoms with E-state index in [9.17, 15) is 13.2 Å². The number of hydrogen-bond donors (Lipinski definition) is 1. The first-order valence-electron chi connectivity index (χ1n) is 9.73. The zero-order chi connectivity index (χ0) is 21.6. The lowest BCUT2D eigenvalue weighted by atomic mass is 10.2. The Morgan fingerprint density at radius 3 is 2.53 bits per heavy atom. The van der Waals surface area contributed by atoms with Crippen molar-refractivity contribution in [3.8, 4) is 5.75 Å². The van der Waals surface area contributed by atoms with Gasteiger partial charge in [0, 0.05) is 38.8 Å². The fraction of sp³-hybridized carbons (Fsp3) is 0.381. The summed E-state index contributed by atoms with van der Waals surface area (Å²) in [5, 5.41) is 2.85. The van der Waals surface area contributed by atoms with Crippen molar-refractivity contribution in [2.24, 2.45) is 0 Å². The van der Waals surface area contributed by atoms with E-state index in [1.54, 1.807) is 43.5 Å². The minimum absolute atomic E-state index is 0.0571. The number of anilines is 1. The molecule has 8 nitrogen and oxygen atoms in total. The van der Waals surface area contributed by atoms with Gasteiger partial charge in [-0.15, -0.1) is 0 Å². The Kier molecular flexibility index (Phi) is 7.30. The highest BCUT2D eigenvalue weighted by Gasteiger charge is 2.22. The van der Waals surface area contributed by atoms with Crippen LogP contribution in [0.4, 0.5) is 5.69 Å². The average Bonchev–Trinajstić information content (AvgIpc) is 2.79. The summed E-state index contributed by atoms with van der Waals surface area (Å²) in [6.45, 7) is 4.32. The van der Waals surface area contributed by atoms with Gasteiger partial charge in [-0.05, 0) is 42.5 Å². The molecule has 2 aromatic rings. The first-order chi connectivity index (χ1) is 14.4. The Labute approximate surface area is 177 Å². The third-order valence-corrected chi connectivity index (χ3v) is 6.79. The molecule has 0 unspecified atom stereocenters. The zero-order valence-corrected chi connectivity index (χ0v) is 18.0. The van der Waals surface area contributed by atoms with Gasteiger partial charge in [-0.2, -0.15) is 0 Å². The lowest BCUT2D eigenvalue weighted by molar-refractivity contribution is 0.0383. The highest BCUT2D eigenvalue weighted by atomic mass is 32.2. The van der Waals surface area contributed by atoms with E-state index in [0.29, 0.717) is 36.8 Å². The normalized spacial score (nSPS) is 14.9. The fourth-order valence-electron chi connectivity index (χ4n) is 3.14. The van der Waals surface area contributed by atoms with Gasteiger partial charge in [0.15, 0.2) is 0 Å². The molecule has 0 saturated carbocycles. The SMILES string of the molecule is COc1ccc(N(C)S(=O)(=O)c2cccc(C(=O)NCCN3CCOCC3)c2)cc1. The predicted octanol–water partition coefficient (Wildman–Crippen LogP) is 1.58. The summed E-state index contributed by atoms with van der Waals surface area (Å²) in [5.74, 6) is 0.340. The topological polar surface area (TPSA) is 88.2 Å². The molecule has 0 radical (unpaired) electrons. The second kappa shape index (κ2) is 9.92. The molecule has 1 aliphatic rings. The van der Waals surface area contributed by atoms with E-state index in [2.05, 4.69) is 10.2 Å². The lowest BCUT2D eigenvalue weighted by Crippen LogP contribution is -2.41. The summed E-state index contributed by atoms with van der Waals surface area (Å²) in [7, 11) is -0.788. The number of sulfonamides is 1. The van der Waals surface area contributed by atoms with E-state index in [1.807, 2.05) is 0 Å². The van der Waals surface area contributed by atoms with Crippen molar-refractivity contribution >= 4 is 21.6 Å².